The lowest BCUT2D eigenvalue weighted by Gasteiger charge is -2.61. The van der Waals surface area contributed by atoms with Crippen molar-refractivity contribution in [1.82, 2.24) is 0 Å². The standard InChI is InChI=1S/C19H26O4/c1-17-7-6-14-12(13(17)3-4-15(17)21)9-16(22)19(23)10-11(20)5-8-18(14,19)2/h12-14,23H,3-10H2,1-2H3/t12-,13-,14+,17-,18+,19?/m0/s1. The van der Waals surface area contributed by atoms with Crippen LogP contribution in [0.1, 0.15) is 65.2 Å². The van der Waals surface area contributed by atoms with Gasteiger partial charge in [-0.1, -0.05) is 13.8 Å². The van der Waals surface area contributed by atoms with Crippen LogP contribution < -0.4 is 0 Å². The Morgan fingerprint density at radius 2 is 1.70 bits per heavy atom. The van der Waals surface area contributed by atoms with Crippen LogP contribution in [0.5, 0.6) is 0 Å². The Morgan fingerprint density at radius 3 is 2.43 bits per heavy atom. The van der Waals surface area contributed by atoms with Gasteiger partial charge in [0.1, 0.15) is 17.2 Å². The predicted molar refractivity (Wildman–Crippen MR) is 83.6 cm³/mol. The van der Waals surface area contributed by atoms with Crippen molar-refractivity contribution in [3.8, 4) is 0 Å². The lowest BCUT2D eigenvalue weighted by molar-refractivity contribution is -0.201. The topological polar surface area (TPSA) is 71.4 Å². The van der Waals surface area contributed by atoms with Gasteiger partial charge in [-0.05, 0) is 43.4 Å². The lowest BCUT2D eigenvalue weighted by atomic mass is 9.43. The van der Waals surface area contributed by atoms with E-state index in [0.29, 0.717) is 31.5 Å². The summed E-state index contributed by atoms with van der Waals surface area (Å²) in [6.45, 7) is 4.11. The second kappa shape index (κ2) is 4.53. The molecule has 0 bridgehead atoms. The van der Waals surface area contributed by atoms with Crippen molar-refractivity contribution in [3.63, 3.8) is 0 Å². The summed E-state index contributed by atoms with van der Waals surface area (Å²) in [6, 6.07) is 0. The fraction of sp³-hybridized carbons (Fsp3) is 0.842. The number of Topliss-reactive ketones (excluding diaryl/α,β-unsaturated/α-hetero) is 3. The number of hydrogen-bond donors (Lipinski definition) is 1. The van der Waals surface area contributed by atoms with E-state index in [0.717, 1.165) is 19.3 Å². The first-order chi connectivity index (χ1) is 10.7. The molecule has 0 aliphatic heterocycles. The van der Waals surface area contributed by atoms with Gasteiger partial charge in [-0.2, -0.15) is 0 Å². The molecule has 4 aliphatic carbocycles. The molecule has 0 aromatic rings. The number of fused-ring (bicyclic) bond motifs is 5. The maximum atomic E-state index is 12.8. The van der Waals surface area contributed by atoms with Crippen LogP contribution in [0.3, 0.4) is 0 Å². The highest BCUT2D eigenvalue weighted by Gasteiger charge is 2.67. The van der Waals surface area contributed by atoms with Crippen molar-refractivity contribution in [3.05, 3.63) is 0 Å². The lowest BCUT2D eigenvalue weighted by Crippen LogP contribution is -2.66. The second-order valence-electron chi connectivity index (χ2n) is 8.92. The van der Waals surface area contributed by atoms with Crippen LogP contribution >= 0.6 is 0 Å². The van der Waals surface area contributed by atoms with Gasteiger partial charge in [0.05, 0.1) is 0 Å². The summed E-state index contributed by atoms with van der Waals surface area (Å²) in [5, 5.41) is 11.1. The first-order valence-corrected chi connectivity index (χ1v) is 9.03. The molecule has 0 radical (unpaired) electrons. The molecule has 4 fully saturated rings. The van der Waals surface area contributed by atoms with E-state index < -0.39 is 11.0 Å². The molecule has 0 spiro atoms. The third-order valence-corrected chi connectivity index (χ3v) is 8.17. The normalized spacial score (nSPS) is 52.8. The van der Waals surface area contributed by atoms with Crippen molar-refractivity contribution in [1.29, 1.82) is 0 Å². The van der Waals surface area contributed by atoms with Gasteiger partial charge in [0, 0.05) is 36.5 Å². The number of ketones is 3. The molecule has 126 valence electrons. The Bertz CT molecular complexity index is 610. The summed E-state index contributed by atoms with van der Waals surface area (Å²) in [7, 11) is 0. The SMILES string of the molecule is C[C@]12CC[C@@H]3[C@@H](CC(=O)C4(O)CC(=O)CC[C@]34C)[C@@H]1CCC2=O. The zero-order chi connectivity index (χ0) is 16.6. The third kappa shape index (κ3) is 1.73. The van der Waals surface area contributed by atoms with E-state index in [9.17, 15) is 19.5 Å². The number of rotatable bonds is 0. The molecule has 4 aliphatic rings. The van der Waals surface area contributed by atoms with E-state index in [-0.39, 0.29) is 41.2 Å². The molecule has 0 amide bonds. The average molecular weight is 318 g/mol. The van der Waals surface area contributed by atoms with E-state index in [1.54, 1.807) is 0 Å². The van der Waals surface area contributed by atoms with E-state index >= 15 is 0 Å². The van der Waals surface area contributed by atoms with Crippen molar-refractivity contribution in [2.24, 2.45) is 28.6 Å². The fourth-order valence-corrected chi connectivity index (χ4v) is 6.61. The Balaban J connectivity index is 1.75. The maximum Gasteiger partial charge on any atom is 0.165 e. The molecule has 1 unspecified atom stereocenters. The van der Waals surface area contributed by atoms with Gasteiger partial charge in [-0.3, -0.25) is 14.4 Å². The third-order valence-electron chi connectivity index (χ3n) is 8.17. The largest absolute Gasteiger partial charge is 0.381 e. The zero-order valence-electron chi connectivity index (χ0n) is 14.1. The monoisotopic (exact) mass is 318 g/mol. The second-order valence-corrected chi connectivity index (χ2v) is 8.92. The van der Waals surface area contributed by atoms with Crippen LogP contribution in [0.2, 0.25) is 0 Å². The van der Waals surface area contributed by atoms with Crippen molar-refractivity contribution in [2.45, 2.75) is 70.8 Å². The molecule has 4 rings (SSSR count). The minimum Gasteiger partial charge on any atom is -0.381 e. The first-order valence-electron chi connectivity index (χ1n) is 9.03. The van der Waals surface area contributed by atoms with Crippen LogP contribution in [0.15, 0.2) is 0 Å². The van der Waals surface area contributed by atoms with Crippen molar-refractivity contribution in [2.75, 3.05) is 0 Å². The van der Waals surface area contributed by atoms with Crippen molar-refractivity contribution < 1.29 is 19.5 Å². The van der Waals surface area contributed by atoms with Crippen LogP contribution in [-0.2, 0) is 14.4 Å². The van der Waals surface area contributed by atoms with E-state index in [2.05, 4.69) is 6.92 Å². The number of aliphatic hydroxyl groups is 1. The van der Waals surface area contributed by atoms with Gasteiger partial charge in [0.25, 0.3) is 0 Å². The van der Waals surface area contributed by atoms with Crippen molar-refractivity contribution >= 4 is 17.3 Å². The van der Waals surface area contributed by atoms with Crippen LogP contribution in [0.25, 0.3) is 0 Å². The minimum absolute atomic E-state index is 0.00752. The number of hydrogen-bond acceptors (Lipinski definition) is 4. The number of carbonyl (C=O) groups excluding carboxylic acids is 3. The molecular weight excluding hydrogens is 292 g/mol. The van der Waals surface area contributed by atoms with Gasteiger partial charge in [-0.15, -0.1) is 0 Å². The molecule has 23 heavy (non-hydrogen) atoms. The maximum absolute atomic E-state index is 12.8. The molecule has 0 saturated heterocycles. The Morgan fingerprint density at radius 1 is 0.957 bits per heavy atom. The van der Waals surface area contributed by atoms with E-state index in [1.165, 1.54) is 0 Å². The Labute approximate surface area is 137 Å². The quantitative estimate of drug-likeness (QED) is 0.745. The minimum atomic E-state index is -1.47. The van der Waals surface area contributed by atoms with Crippen LogP contribution in [-0.4, -0.2) is 28.1 Å². The highest BCUT2D eigenvalue weighted by Crippen LogP contribution is 2.65. The number of carbonyl (C=O) groups is 3. The highest BCUT2D eigenvalue weighted by atomic mass is 16.3. The van der Waals surface area contributed by atoms with E-state index in [1.807, 2.05) is 6.92 Å². The summed E-state index contributed by atoms with van der Waals surface area (Å²) in [5.74, 6) is 0.940. The summed E-state index contributed by atoms with van der Waals surface area (Å²) < 4.78 is 0. The Kier molecular flexibility index (Phi) is 3.05. The molecule has 4 heteroatoms. The predicted octanol–water partition coefficient (Wildman–Crippen LogP) is 2.46. The smallest absolute Gasteiger partial charge is 0.165 e. The first kappa shape index (κ1) is 15.5. The van der Waals surface area contributed by atoms with E-state index in [4.69, 9.17) is 0 Å². The summed E-state index contributed by atoms with van der Waals surface area (Å²) in [5.41, 5.74) is -2.24. The molecule has 4 nitrogen and oxygen atoms in total. The average Bonchev–Trinajstić information content (AvgIpc) is 2.79. The molecule has 6 atom stereocenters. The van der Waals surface area contributed by atoms with Gasteiger partial charge < -0.3 is 5.11 Å². The van der Waals surface area contributed by atoms with Gasteiger partial charge in [0.15, 0.2) is 5.78 Å². The summed E-state index contributed by atoms with van der Waals surface area (Å²) in [4.78, 5) is 37.1. The molecular formula is C19H26O4. The fourth-order valence-electron chi connectivity index (χ4n) is 6.61. The summed E-state index contributed by atoms with van der Waals surface area (Å²) in [6.07, 6.45) is 4.69. The summed E-state index contributed by atoms with van der Waals surface area (Å²) >= 11 is 0. The molecule has 1 N–H and O–H groups in total. The molecule has 0 heterocycles. The zero-order valence-corrected chi connectivity index (χ0v) is 14.1. The van der Waals surface area contributed by atoms with Gasteiger partial charge >= 0.3 is 0 Å². The Hall–Kier alpha value is -1.03. The molecule has 0 aromatic heterocycles. The van der Waals surface area contributed by atoms with Crippen LogP contribution in [0.4, 0.5) is 0 Å². The highest BCUT2D eigenvalue weighted by molar-refractivity contribution is 5.96. The van der Waals surface area contributed by atoms with Gasteiger partial charge in [-0.25, -0.2) is 0 Å². The van der Waals surface area contributed by atoms with Crippen LogP contribution in [0, 0.1) is 28.6 Å². The molecule has 4 saturated carbocycles. The molecule has 0 aromatic carbocycles. The van der Waals surface area contributed by atoms with Gasteiger partial charge in [0.2, 0.25) is 0 Å².